The van der Waals surface area contributed by atoms with Crippen LogP contribution in [0.2, 0.25) is 0 Å². The summed E-state index contributed by atoms with van der Waals surface area (Å²) in [7, 11) is 0. The van der Waals surface area contributed by atoms with Crippen LogP contribution in [0.25, 0.3) is 0 Å². The van der Waals surface area contributed by atoms with E-state index in [1.807, 2.05) is 13.8 Å². The highest BCUT2D eigenvalue weighted by Gasteiger charge is 2.07. The molecule has 0 aromatic heterocycles. The van der Waals surface area contributed by atoms with Crippen molar-refractivity contribution in [1.82, 2.24) is 10.6 Å². The second-order valence-corrected chi connectivity index (χ2v) is 6.34. The lowest BCUT2D eigenvalue weighted by Gasteiger charge is -2.15. The van der Waals surface area contributed by atoms with Gasteiger partial charge in [-0.2, -0.15) is 0 Å². The first-order valence-corrected chi connectivity index (χ1v) is 8.26. The van der Waals surface area contributed by atoms with Crippen LogP contribution in [-0.4, -0.2) is 51.3 Å². The fourth-order valence-electron chi connectivity index (χ4n) is 1.64. The first-order valence-electron chi connectivity index (χ1n) is 8.26. The molecule has 2 atom stereocenters. The van der Waals surface area contributed by atoms with E-state index in [1.54, 1.807) is 13.8 Å². The van der Waals surface area contributed by atoms with Crippen LogP contribution in [-0.2, 0) is 19.1 Å². The van der Waals surface area contributed by atoms with E-state index in [4.69, 9.17) is 9.47 Å². The lowest BCUT2D eigenvalue weighted by Crippen LogP contribution is -2.31. The van der Waals surface area contributed by atoms with Gasteiger partial charge in [0.15, 0.2) is 0 Å². The molecule has 138 valence electrons. The van der Waals surface area contributed by atoms with E-state index in [0.29, 0.717) is 50.7 Å². The maximum Gasteiger partial charge on any atom is 0.246 e. The Morgan fingerprint density at radius 1 is 0.833 bits per heavy atom. The number of hydrogen-bond donors (Lipinski definition) is 2. The highest BCUT2D eigenvalue weighted by molar-refractivity contribution is 5.92. The summed E-state index contributed by atoms with van der Waals surface area (Å²) in [5, 5.41) is 5.58. The third-order valence-corrected chi connectivity index (χ3v) is 3.17. The SMILES string of the molecule is C=C(C)C(=O)NCC(C)COCCOCC(C)CNC(=O)C(=C)C. The average Bonchev–Trinajstić information content (AvgIpc) is 2.52. The molecule has 6 nitrogen and oxygen atoms in total. The Kier molecular flexibility index (Phi) is 11.8. The van der Waals surface area contributed by atoms with Gasteiger partial charge in [0.1, 0.15) is 0 Å². The van der Waals surface area contributed by atoms with Crippen LogP contribution in [0.4, 0.5) is 0 Å². The Morgan fingerprint density at radius 2 is 1.17 bits per heavy atom. The van der Waals surface area contributed by atoms with Gasteiger partial charge in [-0.15, -0.1) is 0 Å². The molecule has 0 aliphatic rings. The molecular weight excluding hydrogens is 308 g/mol. The van der Waals surface area contributed by atoms with Crippen molar-refractivity contribution in [3.63, 3.8) is 0 Å². The number of rotatable bonds is 13. The van der Waals surface area contributed by atoms with Crippen molar-refractivity contribution in [2.24, 2.45) is 11.8 Å². The molecule has 0 heterocycles. The number of hydrogen-bond acceptors (Lipinski definition) is 4. The lowest BCUT2D eigenvalue weighted by molar-refractivity contribution is -0.118. The standard InChI is InChI=1S/C18H32N2O4/c1-13(2)17(21)19-9-15(5)11-23-7-8-24-12-16(6)10-20-18(22)14(3)4/h15-16H,1,3,7-12H2,2,4-6H3,(H,19,21)(H,20,22). The maximum absolute atomic E-state index is 11.4. The third-order valence-electron chi connectivity index (χ3n) is 3.17. The van der Waals surface area contributed by atoms with E-state index in [0.717, 1.165) is 0 Å². The van der Waals surface area contributed by atoms with Crippen molar-refractivity contribution in [1.29, 1.82) is 0 Å². The van der Waals surface area contributed by atoms with Crippen molar-refractivity contribution in [3.8, 4) is 0 Å². The molecule has 2 N–H and O–H groups in total. The highest BCUT2D eigenvalue weighted by atomic mass is 16.5. The Labute approximate surface area is 145 Å². The summed E-state index contributed by atoms with van der Waals surface area (Å²) in [5.41, 5.74) is 1.01. The van der Waals surface area contributed by atoms with Crippen molar-refractivity contribution in [3.05, 3.63) is 24.3 Å². The summed E-state index contributed by atoms with van der Waals surface area (Å²) in [5.74, 6) is 0.199. The first-order chi connectivity index (χ1) is 11.2. The summed E-state index contributed by atoms with van der Waals surface area (Å²) < 4.78 is 11.0. The quantitative estimate of drug-likeness (QED) is 0.395. The van der Waals surface area contributed by atoms with Gasteiger partial charge in [-0.1, -0.05) is 27.0 Å². The largest absolute Gasteiger partial charge is 0.379 e. The monoisotopic (exact) mass is 340 g/mol. The molecule has 0 aliphatic heterocycles. The normalized spacial score (nSPS) is 13.0. The van der Waals surface area contributed by atoms with E-state index in [1.165, 1.54) is 0 Å². The molecule has 2 amide bonds. The number of carbonyl (C=O) groups is 2. The van der Waals surface area contributed by atoms with Crippen molar-refractivity contribution in [2.75, 3.05) is 39.5 Å². The predicted molar refractivity (Wildman–Crippen MR) is 95.6 cm³/mol. The van der Waals surface area contributed by atoms with Gasteiger partial charge in [0.25, 0.3) is 0 Å². The minimum atomic E-state index is -0.127. The summed E-state index contributed by atoms with van der Waals surface area (Å²) in [6.07, 6.45) is 0. The number of nitrogens with one attached hydrogen (secondary N) is 2. The molecule has 0 saturated carbocycles. The molecule has 0 aromatic carbocycles. The van der Waals surface area contributed by atoms with Crippen molar-refractivity contribution >= 4 is 11.8 Å². The van der Waals surface area contributed by atoms with Gasteiger partial charge in [-0.05, 0) is 25.7 Å². The van der Waals surface area contributed by atoms with Crippen molar-refractivity contribution in [2.45, 2.75) is 27.7 Å². The molecule has 0 rings (SSSR count). The second-order valence-electron chi connectivity index (χ2n) is 6.34. The summed E-state index contributed by atoms with van der Waals surface area (Å²) in [6, 6.07) is 0. The molecule has 0 fully saturated rings. The van der Waals surface area contributed by atoms with Gasteiger partial charge in [-0.25, -0.2) is 0 Å². The van der Waals surface area contributed by atoms with Gasteiger partial charge >= 0.3 is 0 Å². The smallest absolute Gasteiger partial charge is 0.246 e. The zero-order chi connectivity index (χ0) is 18.5. The summed E-state index contributed by atoms with van der Waals surface area (Å²) in [4.78, 5) is 22.7. The molecule has 0 radical (unpaired) electrons. The van der Waals surface area contributed by atoms with Crippen LogP contribution in [0.3, 0.4) is 0 Å². The van der Waals surface area contributed by atoms with E-state index < -0.39 is 0 Å². The molecule has 0 saturated heterocycles. The molecule has 6 heteroatoms. The summed E-state index contributed by atoms with van der Waals surface area (Å²) >= 11 is 0. The first kappa shape index (κ1) is 22.3. The fraction of sp³-hybridized carbons (Fsp3) is 0.667. The number of amides is 2. The molecule has 0 aromatic rings. The minimum absolute atomic E-state index is 0.127. The summed E-state index contributed by atoms with van der Waals surface area (Å²) in [6.45, 7) is 17.8. The zero-order valence-corrected chi connectivity index (χ0v) is 15.4. The maximum atomic E-state index is 11.4. The topological polar surface area (TPSA) is 76.7 Å². The Balaban J connectivity index is 3.55. The third kappa shape index (κ3) is 11.8. The van der Waals surface area contributed by atoms with Gasteiger partial charge in [-0.3, -0.25) is 9.59 Å². The molecule has 24 heavy (non-hydrogen) atoms. The minimum Gasteiger partial charge on any atom is -0.379 e. The van der Waals surface area contributed by atoms with Crippen LogP contribution < -0.4 is 10.6 Å². The van der Waals surface area contributed by atoms with Crippen LogP contribution in [0.5, 0.6) is 0 Å². The highest BCUT2D eigenvalue weighted by Crippen LogP contribution is 1.98. The number of ether oxygens (including phenoxy) is 2. The Hall–Kier alpha value is -1.66. The zero-order valence-electron chi connectivity index (χ0n) is 15.4. The van der Waals surface area contributed by atoms with Gasteiger partial charge in [0, 0.05) is 24.2 Å². The predicted octanol–water partition coefficient (Wildman–Crippen LogP) is 1.68. The van der Waals surface area contributed by atoms with E-state index in [9.17, 15) is 9.59 Å². The van der Waals surface area contributed by atoms with Crippen LogP contribution >= 0.6 is 0 Å². The van der Waals surface area contributed by atoms with Crippen LogP contribution in [0.15, 0.2) is 24.3 Å². The molecule has 0 aliphatic carbocycles. The van der Waals surface area contributed by atoms with Gasteiger partial charge < -0.3 is 20.1 Å². The van der Waals surface area contributed by atoms with E-state index >= 15 is 0 Å². The molecular formula is C18H32N2O4. The van der Waals surface area contributed by atoms with E-state index in [2.05, 4.69) is 23.8 Å². The van der Waals surface area contributed by atoms with Crippen molar-refractivity contribution < 1.29 is 19.1 Å². The average molecular weight is 340 g/mol. The molecule has 0 spiro atoms. The Morgan fingerprint density at radius 3 is 1.46 bits per heavy atom. The Bertz CT molecular complexity index is 395. The van der Waals surface area contributed by atoms with Crippen LogP contribution in [0, 0.1) is 11.8 Å². The van der Waals surface area contributed by atoms with Gasteiger partial charge in [0.05, 0.1) is 26.4 Å². The van der Waals surface area contributed by atoms with Gasteiger partial charge in [0.2, 0.25) is 11.8 Å². The lowest BCUT2D eigenvalue weighted by atomic mass is 10.2. The second kappa shape index (κ2) is 12.7. The van der Waals surface area contributed by atoms with E-state index in [-0.39, 0.29) is 23.7 Å². The molecule has 2 unspecified atom stereocenters. The fourth-order valence-corrected chi connectivity index (χ4v) is 1.64. The number of carbonyl (C=O) groups excluding carboxylic acids is 2. The van der Waals surface area contributed by atoms with Crippen LogP contribution in [0.1, 0.15) is 27.7 Å². The molecule has 0 bridgehead atoms.